The molecule has 42 heavy (non-hydrogen) atoms. The van der Waals surface area contributed by atoms with Crippen LogP contribution in [0.15, 0.2) is 95.4 Å². The van der Waals surface area contributed by atoms with Crippen molar-refractivity contribution in [3.05, 3.63) is 121 Å². The van der Waals surface area contributed by atoms with Crippen molar-refractivity contribution in [1.29, 1.82) is 0 Å². The Morgan fingerprint density at radius 3 is 2.52 bits per heavy atom. The molecule has 0 aliphatic carbocycles. The van der Waals surface area contributed by atoms with E-state index in [0.29, 0.717) is 27.6 Å². The predicted octanol–water partition coefficient (Wildman–Crippen LogP) is 8.30. The fraction of sp³-hybridized carbons (Fsp3) is 0.0645. The van der Waals surface area contributed by atoms with Gasteiger partial charge in [0.15, 0.2) is 16.6 Å². The van der Waals surface area contributed by atoms with Crippen LogP contribution in [0.2, 0.25) is 5.02 Å². The van der Waals surface area contributed by atoms with Crippen molar-refractivity contribution in [2.45, 2.75) is 6.61 Å². The van der Waals surface area contributed by atoms with Crippen LogP contribution in [-0.2, 0) is 6.61 Å². The van der Waals surface area contributed by atoms with Gasteiger partial charge >= 0.3 is 0 Å². The third-order valence-electron chi connectivity index (χ3n) is 5.97. The smallest absolute Gasteiger partial charge is 0.271 e. The quantitative estimate of drug-likeness (QED) is 0.0865. The van der Waals surface area contributed by atoms with Gasteiger partial charge in [-0.05, 0) is 94.4 Å². The van der Waals surface area contributed by atoms with Gasteiger partial charge in [0.05, 0.1) is 22.6 Å². The Morgan fingerprint density at radius 2 is 1.81 bits per heavy atom. The Kier molecular flexibility index (Phi) is 9.67. The van der Waals surface area contributed by atoms with Crippen LogP contribution in [0.3, 0.4) is 0 Å². The fourth-order valence-corrected chi connectivity index (χ4v) is 5.48. The third kappa shape index (κ3) is 7.64. The zero-order valence-corrected chi connectivity index (χ0v) is 25.8. The molecule has 11 heteroatoms. The minimum atomic E-state index is -0.345. The average Bonchev–Trinajstić information content (AvgIpc) is 3.47. The number of methoxy groups -OCH3 is 1. The largest absolute Gasteiger partial charge is 0.493 e. The Bertz CT molecular complexity index is 1710. The summed E-state index contributed by atoms with van der Waals surface area (Å²) >= 11 is 9.58. The van der Waals surface area contributed by atoms with Gasteiger partial charge in [0.1, 0.15) is 12.4 Å². The van der Waals surface area contributed by atoms with E-state index in [1.807, 2.05) is 47.8 Å². The molecule has 5 rings (SSSR count). The molecular weight excluding hydrogens is 690 g/mol. The molecule has 5 aromatic rings. The zero-order chi connectivity index (χ0) is 29.5. The molecule has 0 fully saturated rings. The highest BCUT2D eigenvalue weighted by Crippen LogP contribution is 2.34. The summed E-state index contributed by atoms with van der Waals surface area (Å²) in [5.74, 6) is 0.437. The number of carbonyl (C=O) groups is 1. The second kappa shape index (κ2) is 13.8. The van der Waals surface area contributed by atoms with Crippen LogP contribution in [0.25, 0.3) is 11.3 Å². The summed E-state index contributed by atoms with van der Waals surface area (Å²) < 4.78 is 25.4. The van der Waals surface area contributed by atoms with Crippen molar-refractivity contribution < 1.29 is 18.7 Å². The first-order valence-electron chi connectivity index (χ1n) is 12.5. The Hall–Kier alpha value is -4.00. The summed E-state index contributed by atoms with van der Waals surface area (Å²) in [6.45, 7) is 0.263. The molecule has 4 aromatic carbocycles. The van der Waals surface area contributed by atoms with Gasteiger partial charge in [-0.25, -0.2) is 14.8 Å². The molecule has 7 nitrogen and oxygen atoms in total. The van der Waals surface area contributed by atoms with Crippen LogP contribution in [0.1, 0.15) is 21.5 Å². The van der Waals surface area contributed by atoms with E-state index in [4.69, 9.17) is 21.1 Å². The number of nitrogens with one attached hydrogen (secondary N) is 2. The standard InChI is InChI=1S/C31H23ClFIN4O3S/c1-40-28-15-20(14-26(34)29(28)41-17-19-2-10-24(33)11-3-19)16-35-38-30(39)22-6-4-21(5-7-22)27-18-42-31(37-27)36-25-12-8-23(32)9-13-25/h2-16,18H,17H2,1H3,(H,36,37)(H,38,39)/b35-16-. The molecule has 0 aliphatic rings. The first-order valence-corrected chi connectivity index (χ1v) is 14.9. The maximum absolute atomic E-state index is 13.2. The number of thiazole rings is 1. The topological polar surface area (TPSA) is 84.8 Å². The van der Waals surface area contributed by atoms with Crippen molar-refractivity contribution in [2.75, 3.05) is 12.4 Å². The lowest BCUT2D eigenvalue weighted by atomic mass is 10.1. The van der Waals surface area contributed by atoms with Crippen LogP contribution >= 0.6 is 45.5 Å². The molecule has 2 N–H and O–H groups in total. The van der Waals surface area contributed by atoms with E-state index >= 15 is 0 Å². The van der Waals surface area contributed by atoms with Gasteiger partial charge in [0.2, 0.25) is 0 Å². The van der Waals surface area contributed by atoms with Crippen molar-refractivity contribution >= 4 is 68.5 Å². The van der Waals surface area contributed by atoms with Crippen LogP contribution in [0.4, 0.5) is 15.2 Å². The number of aromatic nitrogens is 1. The molecule has 0 bridgehead atoms. The fourth-order valence-electron chi connectivity index (χ4n) is 3.83. The summed E-state index contributed by atoms with van der Waals surface area (Å²) in [5.41, 5.74) is 7.15. The lowest BCUT2D eigenvalue weighted by Gasteiger charge is -2.13. The van der Waals surface area contributed by atoms with Crippen molar-refractivity contribution in [1.82, 2.24) is 10.4 Å². The average molecular weight is 713 g/mol. The van der Waals surface area contributed by atoms with E-state index in [1.54, 1.807) is 37.4 Å². The highest BCUT2D eigenvalue weighted by Gasteiger charge is 2.12. The third-order valence-corrected chi connectivity index (χ3v) is 7.78. The van der Waals surface area contributed by atoms with Crippen molar-refractivity contribution in [3.63, 3.8) is 0 Å². The molecule has 212 valence electrons. The summed E-state index contributed by atoms with van der Waals surface area (Å²) in [5, 5.41) is 10.7. The lowest BCUT2D eigenvalue weighted by Crippen LogP contribution is -2.17. The first-order chi connectivity index (χ1) is 20.4. The molecule has 0 unspecified atom stereocenters. The van der Waals surface area contributed by atoms with Gasteiger partial charge in [-0.2, -0.15) is 5.10 Å². The van der Waals surface area contributed by atoms with E-state index in [9.17, 15) is 9.18 Å². The lowest BCUT2D eigenvalue weighted by molar-refractivity contribution is 0.0955. The highest BCUT2D eigenvalue weighted by molar-refractivity contribution is 14.1. The summed E-state index contributed by atoms with van der Waals surface area (Å²) in [6, 6.07) is 24.3. The molecule has 0 saturated heterocycles. The van der Waals surface area contributed by atoms with Gasteiger partial charge in [0, 0.05) is 27.2 Å². The summed E-state index contributed by atoms with van der Waals surface area (Å²) in [7, 11) is 1.55. The van der Waals surface area contributed by atoms with E-state index < -0.39 is 0 Å². The minimum absolute atomic E-state index is 0.263. The summed E-state index contributed by atoms with van der Waals surface area (Å²) in [4.78, 5) is 17.3. The number of hydrogen-bond acceptors (Lipinski definition) is 7. The molecule has 1 heterocycles. The van der Waals surface area contributed by atoms with Crippen LogP contribution in [0.5, 0.6) is 11.5 Å². The number of halogens is 3. The van der Waals surface area contributed by atoms with Crippen molar-refractivity contribution in [2.24, 2.45) is 5.10 Å². The van der Waals surface area contributed by atoms with Gasteiger partial charge in [-0.15, -0.1) is 11.3 Å². The maximum atomic E-state index is 13.2. The molecule has 0 atom stereocenters. The Balaban J connectivity index is 1.18. The molecule has 0 saturated carbocycles. The van der Waals surface area contributed by atoms with Gasteiger partial charge < -0.3 is 14.8 Å². The molecule has 0 aliphatic heterocycles. The summed E-state index contributed by atoms with van der Waals surface area (Å²) in [6.07, 6.45) is 1.53. The highest BCUT2D eigenvalue weighted by atomic mass is 127. The van der Waals surface area contributed by atoms with Gasteiger partial charge in [0.25, 0.3) is 5.91 Å². The number of hydrogen-bond donors (Lipinski definition) is 2. The normalized spacial score (nSPS) is 11.0. The SMILES string of the molecule is COc1cc(/C=N\NC(=O)c2ccc(-c3csc(Nc4ccc(Cl)cc4)n3)cc2)cc(I)c1OCc1ccc(F)cc1. The second-order valence-electron chi connectivity index (χ2n) is 8.90. The number of rotatable bonds is 10. The number of carbonyl (C=O) groups excluding carboxylic acids is 1. The van der Waals surface area contributed by atoms with E-state index in [2.05, 4.69) is 43.4 Å². The monoisotopic (exact) mass is 712 g/mol. The Morgan fingerprint density at radius 1 is 1.07 bits per heavy atom. The van der Waals surface area contributed by atoms with E-state index in [0.717, 1.165) is 31.2 Å². The van der Waals surface area contributed by atoms with E-state index in [1.165, 1.54) is 29.7 Å². The molecule has 1 amide bonds. The number of amides is 1. The second-order valence-corrected chi connectivity index (χ2v) is 11.4. The number of anilines is 2. The van der Waals surface area contributed by atoms with Gasteiger partial charge in [-0.1, -0.05) is 35.9 Å². The maximum Gasteiger partial charge on any atom is 0.271 e. The number of benzene rings is 4. The number of nitrogens with zero attached hydrogens (tertiary/aromatic N) is 2. The van der Waals surface area contributed by atoms with Crippen LogP contribution < -0.4 is 20.2 Å². The predicted molar refractivity (Wildman–Crippen MR) is 174 cm³/mol. The van der Waals surface area contributed by atoms with Crippen molar-refractivity contribution in [3.8, 4) is 22.8 Å². The molecule has 0 radical (unpaired) electrons. The van der Waals surface area contributed by atoms with Gasteiger partial charge in [-0.3, -0.25) is 4.79 Å². The molecule has 1 aromatic heterocycles. The Labute approximate surface area is 264 Å². The first kappa shape index (κ1) is 29.5. The van der Waals surface area contributed by atoms with E-state index in [-0.39, 0.29) is 18.3 Å². The number of ether oxygens (including phenoxy) is 2. The molecular formula is C31H23ClFIN4O3S. The minimum Gasteiger partial charge on any atom is -0.493 e. The number of hydrazone groups is 1. The molecule has 0 spiro atoms. The van der Waals surface area contributed by atoms with Crippen LogP contribution in [-0.4, -0.2) is 24.2 Å². The zero-order valence-electron chi connectivity index (χ0n) is 22.1. The van der Waals surface area contributed by atoms with Crippen LogP contribution in [0, 0.1) is 9.39 Å².